The number of rotatable bonds is 7. The van der Waals surface area contributed by atoms with E-state index in [9.17, 15) is 4.39 Å². The lowest BCUT2D eigenvalue weighted by Crippen LogP contribution is -2.35. The maximum Gasteiger partial charge on any atom is 0.130 e. The van der Waals surface area contributed by atoms with Crippen molar-refractivity contribution in [2.75, 3.05) is 11.4 Å². The molecule has 1 rings (SSSR count). The van der Waals surface area contributed by atoms with E-state index in [-0.39, 0.29) is 11.9 Å². The lowest BCUT2D eigenvalue weighted by atomic mass is 10.0. The Morgan fingerprint density at radius 2 is 1.95 bits per heavy atom. The summed E-state index contributed by atoms with van der Waals surface area (Å²) in [6.07, 6.45) is 3.29. The third kappa shape index (κ3) is 3.93. The molecule has 108 valence electrons. The largest absolute Gasteiger partial charge is 0.368 e. The molecule has 0 heterocycles. The minimum atomic E-state index is -0.288. The van der Waals surface area contributed by atoms with Crippen molar-refractivity contribution < 1.29 is 4.39 Å². The summed E-state index contributed by atoms with van der Waals surface area (Å²) >= 11 is 0. The number of nitrogens with zero attached hydrogens (tertiary/aromatic N) is 1. The van der Waals surface area contributed by atoms with Crippen LogP contribution in [0.4, 0.5) is 10.1 Å². The van der Waals surface area contributed by atoms with Gasteiger partial charge in [-0.3, -0.25) is 0 Å². The zero-order valence-corrected chi connectivity index (χ0v) is 12.6. The van der Waals surface area contributed by atoms with Gasteiger partial charge in [-0.25, -0.2) is 4.39 Å². The molecule has 0 amide bonds. The van der Waals surface area contributed by atoms with Crippen LogP contribution in [0.3, 0.4) is 0 Å². The van der Waals surface area contributed by atoms with Crippen LogP contribution in [0.5, 0.6) is 0 Å². The summed E-state index contributed by atoms with van der Waals surface area (Å²) in [5, 5.41) is 0. The summed E-state index contributed by atoms with van der Waals surface area (Å²) in [5.74, 6) is -0.197. The van der Waals surface area contributed by atoms with Crippen LogP contribution in [0.2, 0.25) is 0 Å². The summed E-state index contributed by atoms with van der Waals surface area (Å²) in [5.41, 5.74) is 7.55. The molecular weight excluding hydrogens is 239 g/mol. The van der Waals surface area contributed by atoms with E-state index < -0.39 is 0 Å². The number of hydrogen-bond donors (Lipinski definition) is 1. The van der Waals surface area contributed by atoms with Crippen LogP contribution in [0.25, 0.3) is 0 Å². The molecule has 0 aromatic heterocycles. The molecule has 0 fully saturated rings. The highest BCUT2D eigenvalue weighted by Gasteiger charge is 2.20. The predicted octanol–water partition coefficient (Wildman–Crippen LogP) is 4.25. The van der Waals surface area contributed by atoms with Crippen molar-refractivity contribution >= 4 is 5.69 Å². The van der Waals surface area contributed by atoms with E-state index in [1.807, 2.05) is 13.0 Å². The second-order valence-corrected chi connectivity index (χ2v) is 5.27. The summed E-state index contributed by atoms with van der Waals surface area (Å²) in [6, 6.07) is 5.37. The minimum Gasteiger partial charge on any atom is -0.368 e. The van der Waals surface area contributed by atoms with Gasteiger partial charge in [-0.15, -0.1) is 0 Å². The van der Waals surface area contributed by atoms with E-state index in [0.29, 0.717) is 11.6 Å². The highest BCUT2D eigenvalue weighted by molar-refractivity contribution is 5.56. The smallest absolute Gasteiger partial charge is 0.130 e. The van der Waals surface area contributed by atoms with E-state index in [0.717, 1.165) is 31.5 Å². The van der Waals surface area contributed by atoms with Gasteiger partial charge in [0.05, 0.1) is 0 Å². The first-order valence-electron chi connectivity index (χ1n) is 7.33. The highest BCUT2D eigenvalue weighted by Crippen LogP contribution is 2.30. The Balaban J connectivity index is 3.17. The normalized spacial score (nSPS) is 14.2. The number of hydrogen-bond acceptors (Lipinski definition) is 2. The third-order valence-corrected chi connectivity index (χ3v) is 3.67. The van der Waals surface area contributed by atoms with Gasteiger partial charge >= 0.3 is 0 Å². The molecular formula is C16H27FN2. The van der Waals surface area contributed by atoms with E-state index >= 15 is 0 Å². The molecule has 19 heavy (non-hydrogen) atoms. The fraction of sp³-hybridized carbons (Fsp3) is 0.625. The Bertz CT molecular complexity index is 390. The number of anilines is 1. The molecule has 2 N–H and O–H groups in total. The van der Waals surface area contributed by atoms with Crippen molar-refractivity contribution in [2.45, 2.75) is 59.0 Å². The quantitative estimate of drug-likeness (QED) is 0.799. The standard InChI is InChI=1S/C16H27FN2/c1-5-7-11-19(12(3)6-2)15-10-8-9-14(17)16(15)13(4)18/h8-10,12-13H,5-7,11,18H2,1-4H3/t12?,13-/m0/s1. The van der Waals surface area contributed by atoms with E-state index in [1.54, 1.807) is 6.07 Å². The lowest BCUT2D eigenvalue weighted by Gasteiger charge is -2.33. The number of halogens is 1. The van der Waals surface area contributed by atoms with Gasteiger partial charge in [0, 0.05) is 29.9 Å². The second-order valence-electron chi connectivity index (χ2n) is 5.27. The molecule has 0 aliphatic rings. The van der Waals surface area contributed by atoms with Crippen LogP contribution in [-0.2, 0) is 0 Å². The van der Waals surface area contributed by atoms with Crippen molar-refractivity contribution in [3.63, 3.8) is 0 Å². The maximum atomic E-state index is 14.0. The van der Waals surface area contributed by atoms with Gasteiger partial charge in [-0.05, 0) is 38.8 Å². The Kier molecular flexibility index (Phi) is 6.29. The molecule has 3 heteroatoms. The molecule has 2 nitrogen and oxygen atoms in total. The fourth-order valence-corrected chi connectivity index (χ4v) is 2.35. The van der Waals surface area contributed by atoms with E-state index in [2.05, 4.69) is 25.7 Å². The SMILES string of the molecule is CCCCN(c1cccc(F)c1[C@H](C)N)C(C)CC. The van der Waals surface area contributed by atoms with Crippen LogP contribution >= 0.6 is 0 Å². The molecule has 2 atom stereocenters. The first-order chi connectivity index (χ1) is 9.02. The third-order valence-electron chi connectivity index (χ3n) is 3.67. The lowest BCUT2D eigenvalue weighted by molar-refractivity contribution is 0.569. The molecule has 0 aliphatic carbocycles. The van der Waals surface area contributed by atoms with Crippen LogP contribution in [0, 0.1) is 5.82 Å². The summed E-state index contributed by atoms with van der Waals surface area (Å²) in [4.78, 5) is 2.30. The van der Waals surface area contributed by atoms with Crippen LogP contribution < -0.4 is 10.6 Å². The fourth-order valence-electron chi connectivity index (χ4n) is 2.35. The monoisotopic (exact) mass is 266 g/mol. The molecule has 0 spiro atoms. The zero-order chi connectivity index (χ0) is 14.4. The van der Waals surface area contributed by atoms with Crippen molar-refractivity contribution in [2.24, 2.45) is 5.73 Å². The average Bonchev–Trinajstić information content (AvgIpc) is 2.38. The average molecular weight is 266 g/mol. The zero-order valence-electron chi connectivity index (χ0n) is 12.6. The summed E-state index contributed by atoms with van der Waals surface area (Å²) < 4.78 is 14.0. The van der Waals surface area contributed by atoms with Crippen molar-refractivity contribution in [1.82, 2.24) is 0 Å². The topological polar surface area (TPSA) is 29.3 Å². The van der Waals surface area contributed by atoms with Crippen LogP contribution in [0.1, 0.15) is 58.6 Å². The van der Waals surface area contributed by atoms with Gasteiger partial charge < -0.3 is 10.6 Å². The van der Waals surface area contributed by atoms with Gasteiger partial charge in [0.1, 0.15) is 5.82 Å². The first kappa shape index (κ1) is 16.0. The highest BCUT2D eigenvalue weighted by atomic mass is 19.1. The van der Waals surface area contributed by atoms with Gasteiger partial charge in [0.2, 0.25) is 0 Å². The molecule has 0 radical (unpaired) electrons. The first-order valence-corrected chi connectivity index (χ1v) is 7.33. The Morgan fingerprint density at radius 3 is 2.47 bits per heavy atom. The van der Waals surface area contributed by atoms with Gasteiger partial charge in [-0.1, -0.05) is 26.3 Å². The number of unbranched alkanes of at least 4 members (excludes halogenated alkanes) is 1. The molecule has 0 saturated carbocycles. The maximum absolute atomic E-state index is 14.0. The van der Waals surface area contributed by atoms with Crippen LogP contribution in [0.15, 0.2) is 18.2 Å². The molecule has 1 unspecified atom stereocenters. The Labute approximate surface area is 116 Å². The van der Waals surface area contributed by atoms with Crippen molar-refractivity contribution in [1.29, 1.82) is 0 Å². The van der Waals surface area contributed by atoms with Gasteiger partial charge in [0.15, 0.2) is 0 Å². The summed E-state index contributed by atoms with van der Waals surface area (Å²) in [7, 11) is 0. The molecule has 0 aliphatic heterocycles. The molecule has 1 aromatic rings. The number of benzene rings is 1. The van der Waals surface area contributed by atoms with E-state index in [4.69, 9.17) is 5.73 Å². The second kappa shape index (κ2) is 7.49. The Hall–Kier alpha value is -1.09. The predicted molar refractivity (Wildman–Crippen MR) is 81.0 cm³/mol. The molecule has 1 aromatic carbocycles. The van der Waals surface area contributed by atoms with Gasteiger partial charge in [-0.2, -0.15) is 0 Å². The Morgan fingerprint density at radius 1 is 1.26 bits per heavy atom. The van der Waals surface area contributed by atoms with Crippen molar-refractivity contribution in [3.8, 4) is 0 Å². The summed E-state index contributed by atoms with van der Waals surface area (Å²) in [6.45, 7) is 9.32. The van der Waals surface area contributed by atoms with E-state index in [1.165, 1.54) is 6.07 Å². The molecule has 0 bridgehead atoms. The minimum absolute atomic E-state index is 0.197. The number of nitrogens with two attached hydrogens (primary N) is 1. The van der Waals surface area contributed by atoms with Crippen molar-refractivity contribution in [3.05, 3.63) is 29.6 Å². The molecule has 0 saturated heterocycles. The van der Waals surface area contributed by atoms with Gasteiger partial charge in [0.25, 0.3) is 0 Å². The van der Waals surface area contributed by atoms with Crippen LogP contribution in [-0.4, -0.2) is 12.6 Å².